The van der Waals surface area contributed by atoms with Crippen molar-refractivity contribution in [2.45, 2.75) is 38.5 Å². The molecule has 1 saturated carbocycles. The molecule has 1 aromatic carbocycles. The predicted octanol–water partition coefficient (Wildman–Crippen LogP) is 4.11. The molecule has 2 aromatic heterocycles. The Bertz CT molecular complexity index is 778. The van der Waals surface area contributed by atoms with Gasteiger partial charge in [0.25, 0.3) is 0 Å². The number of benzene rings is 1. The van der Waals surface area contributed by atoms with Crippen molar-refractivity contribution in [3.8, 4) is 5.69 Å². The van der Waals surface area contributed by atoms with E-state index < -0.39 is 0 Å². The van der Waals surface area contributed by atoms with Crippen LogP contribution in [0, 0.1) is 5.92 Å². The van der Waals surface area contributed by atoms with Gasteiger partial charge in [-0.2, -0.15) is 5.10 Å². The molecular weight excluding hydrogens is 272 g/mol. The third-order valence-corrected chi connectivity index (χ3v) is 4.72. The van der Waals surface area contributed by atoms with Gasteiger partial charge in [-0.15, -0.1) is 0 Å². The van der Waals surface area contributed by atoms with E-state index in [9.17, 15) is 0 Å². The van der Waals surface area contributed by atoms with E-state index in [1.807, 2.05) is 29.1 Å². The maximum absolute atomic E-state index is 4.61. The molecule has 1 aliphatic rings. The normalized spacial score (nSPS) is 22.0. The zero-order valence-corrected chi connectivity index (χ0v) is 12.8. The Morgan fingerprint density at radius 2 is 1.95 bits per heavy atom. The summed E-state index contributed by atoms with van der Waals surface area (Å²) in [5.41, 5.74) is 3.13. The van der Waals surface area contributed by atoms with Crippen molar-refractivity contribution in [3.05, 3.63) is 48.5 Å². The van der Waals surface area contributed by atoms with Crippen LogP contribution in [0.3, 0.4) is 0 Å². The van der Waals surface area contributed by atoms with Gasteiger partial charge < -0.3 is 0 Å². The Labute approximate surface area is 130 Å². The van der Waals surface area contributed by atoms with Crippen LogP contribution in [-0.4, -0.2) is 19.7 Å². The molecule has 1 aliphatic carbocycles. The Balaban J connectivity index is 1.80. The highest BCUT2D eigenvalue weighted by molar-refractivity contribution is 5.79. The zero-order chi connectivity index (χ0) is 14.9. The molecule has 0 aliphatic heterocycles. The third-order valence-electron chi connectivity index (χ3n) is 4.72. The zero-order valence-electron chi connectivity index (χ0n) is 12.8. The second-order valence-corrected chi connectivity index (χ2v) is 6.36. The van der Waals surface area contributed by atoms with Crippen molar-refractivity contribution in [1.29, 1.82) is 0 Å². The number of fused-ring (bicyclic) bond motifs is 1. The second kappa shape index (κ2) is 5.52. The molecule has 2 heterocycles. The molecule has 22 heavy (non-hydrogen) atoms. The molecule has 0 bridgehead atoms. The number of rotatable bonds is 2. The summed E-state index contributed by atoms with van der Waals surface area (Å²) in [5.74, 6) is 1.33. The van der Waals surface area contributed by atoms with Gasteiger partial charge in [0.15, 0.2) is 5.65 Å². The van der Waals surface area contributed by atoms with Crippen LogP contribution in [0.15, 0.2) is 42.9 Å². The second-order valence-electron chi connectivity index (χ2n) is 6.36. The number of hydrogen-bond acceptors (Lipinski definition) is 3. The monoisotopic (exact) mass is 292 g/mol. The highest BCUT2D eigenvalue weighted by Crippen LogP contribution is 2.37. The van der Waals surface area contributed by atoms with Crippen molar-refractivity contribution in [2.24, 2.45) is 5.92 Å². The fourth-order valence-electron chi connectivity index (χ4n) is 3.63. The smallest absolute Gasteiger partial charge is 0.166 e. The van der Waals surface area contributed by atoms with E-state index in [0.717, 1.165) is 22.6 Å². The lowest BCUT2D eigenvalue weighted by atomic mass is 9.80. The molecular formula is C18H20N4. The Morgan fingerprint density at radius 3 is 2.77 bits per heavy atom. The van der Waals surface area contributed by atoms with E-state index in [1.54, 1.807) is 6.33 Å². The summed E-state index contributed by atoms with van der Waals surface area (Å²) in [4.78, 5) is 9.09. The van der Waals surface area contributed by atoms with E-state index in [0.29, 0.717) is 5.92 Å². The maximum atomic E-state index is 4.61. The van der Waals surface area contributed by atoms with E-state index >= 15 is 0 Å². The minimum atomic E-state index is 0.544. The van der Waals surface area contributed by atoms with Crippen LogP contribution < -0.4 is 0 Å². The van der Waals surface area contributed by atoms with Gasteiger partial charge in [0, 0.05) is 5.92 Å². The summed E-state index contributed by atoms with van der Waals surface area (Å²) < 4.78 is 1.91. The van der Waals surface area contributed by atoms with Gasteiger partial charge in [0.2, 0.25) is 0 Å². The summed E-state index contributed by atoms with van der Waals surface area (Å²) in [7, 11) is 0. The van der Waals surface area contributed by atoms with Crippen molar-refractivity contribution in [3.63, 3.8) is 0 Å². The molecule has 4 rings (SSSR count). The Morgan fingerprint density at radius 1 is 1.09 bits per heavy atom. The number of aromatic nitrogens is 4. The minimum Gasteiger partial charge on any atom is -0.240 e. The fraction of sp³-hybridized carbons (Fsp3) is 0.389. The molecule has 3 aromatic rings. The SMILES string of the molecule is C[C@H]1CCC[C@H](c2ncnc3c2cnn3-c2ccccc2)C1. The van der Waals surface area contributed by atoms with Crippen molar-refractivity contribution >= 4 is 11.0 Å². The molecule has 2 atom stereocenters. The van der Waals surface area contributed by atoms with Crippen LogP contribution in [0.25, 0.3) is 16.7 Å². The van der Waals surface area contributed by atoms with Gasteiger partial charge in [0.1, 0.15) is 6.33 Å². The highest BCUT2D eigenvalue weighted by atomic mass is 15.3. The Kier molecular flexibility index (Phi) is 3.37. The van der Waals surface area contributed by atoms with Crippen LogP contribution in [0.2, 0.25) is 0 Å². The molecule has 4 heteroatoms. The number of nitrogens with zero attached hydrogens (tertiary/aromatic N) is 4. The molecule has 0 amide bonds. The van der Waals surface area contributed by atoms with Crippen LogP contribution in [0.1, 0.15) is 44.2 Å². The van der Waals surface area contributed by atoms with Gasteiger partial charge in [0.05, 0.1) is 23.0 Å². The first-order chi connectivity index (χ1) is 10.8. The highest BCUT2D eigenvalue weighted by Gasteiger charge is 2.24. The number of para-hydroxylation sites is 1. The minimum absolute atomic E-state index is 0.544. The maximum Gasteiger partial charge on any atom is 0.166 e. The van der Waals surface area contributed by atoms with E-state index in [-0.39, 0.29) is 0 Å². The lowest BCUT2D eigenvalue weighted by Gasteiger charge is -2.26. The molecule has 0 saturated heterocycles. The van der Waals surface area contributed by atoms with E-state index in [4.69, 9.17) is 0 Å². The lowest BCUT2D eigenvalue weighted by molar-refractivity contribution is 0.341. The first-order valence-corrected chi connectivity index (χ1v) is 8.07. The topological polar surface area (TPSA) is 43.6 Å². The standard InChI is InChI=1S/C18H20N4/c1-13-6-5-7-14(10-13)17-16-11-21-22(18(16)20-12-19-17)15-8-3-2-4-9-15/h2-4,8-9,11-14H,5-7,10H2,1H3/t13-,14-/m0/s1. The molecule has 1 fully saturated rings. The third kappa shape index (κ3) is 2.28. The van der Waals surface area contributed by atoms with Gasteiger partial charge in [-0.05, 0) is 30.9 Å². The van der Waals surface area contributed by atoms with Crippen LogP contribution in [0.5, 0.6) is 0 Å². The summed E-state index contributed by atoms with van der Waals surface area (Å²) in [5, 5.41) is 5.66. The lowest BCUT2D eigenvalue weighted by Crippen LogP contribution is -2.13. The van der Waals surface area contributed by atoms with Crippen LogP contribution in [-0.2, 0) is 0 Å². The average molecular weight is 292 g/mol. The average Bonchev–Trinajstić information content (AvgIpc) is 2.99. The fourth-order valence-corrected chi connectivity index (χ4v) is 3.63. The summed E-state index contributed by atoms with van der Waals surface area (Å²) in [6.07, 6.45) is 8.71. The summed E-state index contributed by atoms with van der Waals surface area (Å²) in [6, 6.07) is 10.2. The quantitative estimate of drug-likeness (QED) is 0.714. The Hall–Kier alpha value is -2.23. The first-order valence-electron chi connectivity index (χ1n) is 8.07. The summed E-state index contributed by atoms with van der Waals surface area (Å²) >= 11 is 0. The van der Waals surface area contributed by atoms with E-state index in [1.165, 1.54) is 31.4 Å². The van der Waals surface area contributed by atoms with Gasteiger partial charge in [-0.1, -0.05) is 38.0 Å². The largest absolute Gasteiger partial charge is 0.240 e. The van der Waals surface area contributed by atoms with Crippen molar-refractivity contribution in [2.75, 3.05) is 0 Å². The summed E-state index contributed by atoms with van der Waals surface area (Å²) in [6.45, 7) is 2.35. The molecule has 0 radical (unpaired) electrons. The molecule has 112 valence electrons. The molecule has 0 N–H and O–H groups in total. The van der Waals surface area contributed by atoms with Gasteiger partial charge in [-0.3, -0.25) is 0 Å². The van der Waals surface area contributed by atoms with Crippen LogP contribution in [0.4, 0.5) is 0 Å². The van der Waals surface area contributed by atoms with E-state index in [2.05, 4.69) is 34.1 Å². The van der Waals surface area contributed by atoms with Gasteiger partial charge in [-0.25, -0.2) is 14.6 Å². The number of hydrogen-bond donors (Lipinski definition) is 0. The van der Waals surface area contributed by atoms with Crippen molar-refractivity contribution in [1.82, 2.24) is 19.7 Å². The predicted molar refractivity (Wildman–Crippen MR) is 87.0 cm³/mol. The molecule has 4 nitrogen and oxygen atoms in total. The van der Waals surface area contributed by atoms with Crippen molar-refractivity contribution < 1.29 is 0 Å². The molecule has 0 unspecified atom stereocenters. The van der Waals surface area contributed by atoms with Gasteiger partial charge >= 0.3 is 0 Å². The molecule has 0 spiro atoms. The van der Waals surface area contributed by atoms with Crippen LogP contribution >= 0.6 is 0 Å². The first kappa shape index (κ1) is 13.4.